The van der Waals surface area contributed by atoms with Crippen molar-refractivity contribution in [3.8, 4) is 6.07 Å². The fourth-order valence-corrected chi connectivity index (χ4v) is 5.31. The molecule has 2 atom stereocenters. The van der Waals surface area contributed by atoms with Gasteiger partial charge in [0.15, 0.2) is 5.78 Å². The number of aromatic nitrogens is 1. The maximum atomic E-state index is 13.7. The van der Waals surface area contributed by atoms with Gasteiger partial charge in [0.05, 0.1) is 29.4 Å². The van der Waals surface area contributed by atoms with E-state index in [9.17, 15) is 10.1 Å². The zero-order valence-corrected chi connectivity index (χ0v) is 19.4. The van der Waals surface area contributed by atoms with Crippen molar-refractivity contribution >= 4 is 27.4 Å². The molecule has 2 N–H and O–H groups in total. The van der Waals surface area contributed by atoms with Crippen LogP contribution < -0.4 is 10.6 Å². The first-order valence-electron chi connectivity index (χ1n) is 10.7. The molecule has 1 aromatic heterocycles. The van der Waals surface area contributed by atoms with Crippen LogP contribution in [-0.2, 0) is 4.79 Å². The van der Waals surface area contributed by atoms with E-state index in [1.54, 1.807) is 12.4 Å². The number of carbonyl (C=O) groups is 1. The van der Waals surface area contributed by atoms with Crippen LogP contribution in [0.3, 0.4) is 0 Å². The van der Waals surface area contributed by atoms with Crippen molar-refractivity contribution in [3.63, 3.8) is 0 Å². The Balaban J connectivity index is 1.73. The maximum absolute atomic E-state index is 13.7. The van der Waals surface area contributed by atoms with Gasteiger partial charge in [-0.2, -0.15) is 5.26 Å². The number of benzene rings is 2. The summed E-state index contributed by atoms with van der Waals surface area (Å²) < 4.78 is 0.887. The van der Waals surface area contributed by atoms with Crippen molar-refractivity contribution in [2.45, 2.75) is 24.7 Å². The van der Waals surface area contributed by atoms with Crippen LogP contribution in [0, 0.1) is 11.3 Å². The number of hydrogen-bond donors (Lipinski definition) is 1. The van der Waals surface area contributed by atoms with E-state index >= 15 is 0 Å². The third-order valence-corrected chi connectivity index (χ3v) is 6.82. The van der Waals surface area contributed by atoms with Gasteiger partial charge in [0.25, 0.3) is 0 Å². The summed E-state index contributed by atoms with van der Waals surface area (Å²) in [5, 5.41) is 10.2. The van der Waals surface area contributed by atoms with Crippen molar-refractivity contribution in [2.75, 3.05) is 4.90 Å². The summed E-state index contributed by atoms with van der Waals surface area (Å²) in [6.45, 7) is 0. The number of hydrogen-bond acceptors (Lipinski definition) is 5. The van der Waals surface area contributed by atoms with E-state index in [2.05, 4.69) is 39.1 Å². The lowest BCUT2D eigenvalue weighted by Gasteiger charge is -2.41. The number of ketones is 1. The lowest BCUT2D eigenvalue weighted by atomic mass is 9.72. The number of nitriles is 1. The molecule has 0 radical (unpaired) electrons. The molecule has 1 aliphatic carbocycles. The van der Waals surface area contributed by atoms with Crippen LogP contribution in [0.5, 0.6) is 0 Å². The van der Waals surface area contributed by atoms with Gasteiger partial charge in [-0.25, -0.2) is 0 Å². The van der Waals surface area contributed by atoms with E-state index in [1.165, 1.54) is 0 Å². The lowest BCUT2D eigenvalue weighted by molar-refractivity contribution is -0.116. The fourth-order valence-electron chi connectivity index (χ4n) is 4.89. The molecule has 162 valence electrons. The predicted molar refractivity (Wildman–Crippen MR) is 131 cm³/mol. The molecule has 0 unspecified atom stereocenters. The Hall–Kier alpha value is -3.69. The number of nitrogens with zero attached hydrogens (tertiary/aromatic N) is 3. The molecule has 0 spiro atoms. The number of allylic oxidation sites excluding steroid dienone is 3. The van der Waals surface area contributed by atoms with Crippen molar-refractivity contribution in [1.29, 1.82) is 5.26 Å². The summed E-state index contributed by atoms with van der Waals surface area (Å²) >= 11 is 3.53. The molecule has 2 aliphatic rings. The lowest BCUT2D eigenvalue weighted by Crippen LogP contribution is -2.40. The normalized spacial score (nSPS) is 20.5. The van der Waals surface area contributed by atoms with Crippen LogP contribution in [0.4, 0.5) is 5.69 Å². The number of pyridine rings is 1. The minimum absolute atomic E-state index is 0.0382. The largest absolute Gasteiger partial charge is 0.384 e. The highest BCUT2D eigenvalue weighted by Crippen LogP contribution is 2.49. The average molecular weight is 497 g/mol. The second kappa shape index (κ2) is 8.68. The third kappa shape index (κ3) is 3.75. The van der Waals surface area contributed by atoms with Crippen LogP contribution in [0.25, 0.3) is 0 Å². The molecule has 0 saturated heterocycles. The minimum Gasteiger partial charge on any atom is -0.384 e. The summed E-state index contributed by atoms with van der Waals surface area (Å²) in [5.74, 6) is -0.0733. The van der Waals surface area contributed by atoms with Gasteiger partial charge in [0.2, 0.25) is 0 Å². The zero-order chi connectivity index (χ0) is 22.9. The van der Waals surface area contributed by atoms with Crippen LogP contribution in [0.1, 0.15) is 35.8 Å². The number of Topliss-reactive ketones (excluding diaryl/α,β-unsaturated/α-hetero) is 1. The number of carbonyl (C=O) groups excluding carboxylic acids is 1. The summed E-state index contributed by atoms with van der Waals surface area (Å²) in [4.78, 5) is 19.8. The molecule has 2 heterocycles. The summed E-state index contributed by atoms with van der Waals surface area (Å²) in [6.07, 6.45) is 4.44. The zero-order valence-electron chi connectivity index (χ0n) is 17.8. The summed E-state index contributed by atoms with van der Waals surface area (Å²) in [6, 6.07) is 23.9. The Kier molecular flexibility index (Phi) is 5.57. The SMILES string of the molecule is N#CC1=C(N)N(c2cccnc2)C2=C(C(=O)C[C@@H](c3ccccc3)C2)[C@H]1c1cccc(Br)c1. The topological polar surface area (TPSA) is 83.0 Å². The van der Waals surface area contributed by atoms with Gasteiger partial charge in [-0.3, -0.25) is 14.7 Å². The van der Waals surface area contributed by atoms with Gasteiger partial charge in [0.1, 0.15) is 5.82 Å². The summed E-state index contributed by atoms with van der Waals surface area (Å²) in [5.41, 5.74) is 11.3. The number of rotatable bonds is 3. The molecule has 0 bridgehead atoms. The van der Waals surface area contributed by atoms with Crippen molar-refractivity contribution < 1.29 is 4.79 Å². The first kappa shape index (κ1) is 21.2. The third-order valence-electron chi connectivity index (χ3n) is 6.32. The number of nitrogens with two attached hydrogens (primary N) is 1. The van der Waals surface area contributed by atoms with Gasteiger partial charge in [-0.15, -0.1) is 0 Å². The molecule has 33 heavy (non-hydrogen) atoms. The van der Waals surface area contributed by atoms with E-state index in [0.29, 0.717) is 29.8 Å². The molecular formula is C27H21BrN4O. The Bertz CT molecular complexity index is 1320. The first-order chi connectivity index (χ1) is 16.1. The van der Waals surface area contributed by atoms with Crippen molar-refractivity contribution in [3.05, 3.63) is 117 Å². The average Bonchev–Trinajstić information content (AvgIpc) is 2.84. The molecular weight excluding hydrogens is 476 g/mol. The van der Waals surface area contributed by atoms with Gasteiger partial charge in [-0.05, 0) is 47.7 Å². The molecule has 6 heteroatoms. The second-order valence-electron chi connectivity index (χ2n) is 8.24. The Morgan fingerprint density at radius 2 is 1.82 bits per heavy atom. The molecule has 0 fully saturated rings. The van der Waals surface area contributed by atoms with Crippen molar-refractivity contribution in [1.82, 2.24) is 4.98 Å². The first-order valence-corrected chi connectivity index (χ1v) is 11.5. The quantitative estimate of drug-likeness (QED) is 0.514. The van der Waals surface area contributed by atoms with Crippen molar-refractivity contribution in [2.24, 2.45) is 5.73 Å². The standard InChI is InChI=1S/C27H21BrN4O/c28-20-9-4-8-18(12-20)25-22(15-29)27(30)32(21-10-5-11-31-16-21)23-13-19(14-24(33)26(23)25)17-6-2-1-3-7-17/h1-12,16,19,25H,13-14,30H2/t19-,25-/m0/s1. The van der Waals surface area contributed by atoms with E-state index in [0.717, 1.165) is 27.0 Å². The molecule has 3 aromatic rings. The summed E-state index contributed by atoms with van der Waals surface area (Å²) in [7, 11) is 0. The molecule has 1 aliphatic heterocycles. The number of anilines is 1. The van der Waals surface area contributed by atoms with Gasteiger partial charge >= 0.3 is 0 Å². The van der Waals surface area contributed by atoms with Crippen LogP contribution in [0.2, 0.25) is 0 Å². The monoisotopic (exact) mass is 496 g/mol. The Labute approximate surface area is 201 Å². The van der Waals surface area contributed by atoms with E-state index in [-0.39, 0.29) is 11.7 Å². The maximum Gasteiger partial charge on any atom is 0.162 e. The minimum atomic E-state index is -0.500. The molecule has 5 rings (SSSR count). The van der Waals surface area contributed by atoms with Gasteiger partial charge in [0, 0.05) is 28.4 Å². The van der Waals surface area contributed by atoms with Crippen LogP contribution >= 0.6 is 15.9 Å². The number of halogens is 1. The molecule has 2 aromatic carbocycles. The highest BCUT2D eigenvalue weighted by Gasteiger charge is 2.42. The molecule has 0 saturated carbocycles. The highest BCUT2D eigenvalue weighted by molar-refractivity contribution is 9.10. The van der Waals surface area contributed by atoms with Gasteiger partial charge in [-0.1, -0.05) is 58.4 Å². The van der Waals surface area contributed by atoms with Gasteiger partial charge < -0.3 is 5.73 Å². The Morgan fingerprint density at radius 3 is 2.52 bits per heavy atom. The predicted octanol–water partition coefficient (Wildman–Crippen LogP) is 5.54. The Morgan fingerprint density at radius 1 is 1.03 bits per heavy atom. The highest BCUT2D eigenvalue weighted by atomic mass is 79.9. The van der Waals surface area contributed by atoms with E-state index in [4.69, 9.17) is 5.73 Å². The van der Waals surface area contributed by atoms with Crippen LogP contribution in [-0.4, -0.2) is 10.8 Å². The van der Waals surface area contributed by atoms with E-state index in [1.807, 2.05) is 59.5 Å². The molecule has 5 nitrogen and oxygen atoms in total. The fraction of sp³-hybridized carbons (Fsp3) is 0.148. The molecule has 0 amide bonds. The van der Waals surface area contributed by atoms with E-state index < -0.39 is 5.92 Å². The second-order valence-corrected chi connectivity index (χ2v) is 9.16. The van der Waals surface area contributed by atoms with Crippen LogP contribution in [0.15, 0.2) is 106 Å². The smallest absolute Gasteiger partial charge is 0.162 e.